The van der Waals surface area contributed by atoms with Crippen molar-refractivity contribution in [2.24, 2.45) is 0 Å². The van der Waals surface area contributed by atoms with E-state index < -0.39 is 49.7 Å². The standard InChI is InChI=1S/C25H26F3N3O7S/c1-4-5-9-18-29-24(33)20(25(34)31(18)19-16(37-2)7-6-8-17(19)38-3)39(35,36)15-12-10-14(11-13-15)23(32)30-22(28)21(26)27/h6-8,10-13,21-22,34H,4-5,9H2,1-3H3,(H,30,32). The second kappa shape index (κ2) is 12.2. The summed E-state index contributed by atoms with van der Waals surface area (Å²) in [4.78, 5) is 27.4. The van der Waals surface area contributed by atoms with Crippen LogP contribution in [0.1, 0.15) is 35.9 Å². The van der Waals surface area contributed by atoms with Gasteiger partial charge in [0.15, 0.2) is 4.90 Å². The quantitative estimate of drug-likeness (QED) is 0.335. The number of carbonyl (C=O) groups is 1. The number of unbranched alkanes of at least 4 members (excludes halogenated alkanes) is 1. The first-order valence-electron chi connectivity index (χ1n) is 11.6. The molecule has 1 heterocycles. The van der Waals surface area contributed by atoms with Gasteiger partial charge in [0, 0.05) is 12.0 Å². The Hall–Kier alpha value is -4.07. The number of rotatable bonds is 11. The summed E-state index contributed by atoms with van der Waals surface area (Å²) in [5.41, 5.74) is -1.42. The highest BCUT2D eigenvalue weighted by molar-refractivity contribution is 7.91. The molecule has 14 heteroatoms. The molecular formula is C25H26F3N3O7S. The van der Waals surface area contributed by atoms with Gasteiger partial charge in [0.2, 0.25) is 22.0 Å². The van der Waals surface area contributed by atoms with Crippen LogP contribution in [0.15, 0.2) is 57.1 Å². The van der Waals surface area contributed by atoms with Crippen LogP contribution in [-0.4, -0.2) is 55.9 Å². The smallest absolute Gasteiger partial charge is 0.296 e. The Morgan fingerprint density at radius 2 is 1.67 bits per heavy atom. The monoisotopic (exact) mass is 569 g/mol. The number of para-hydroxylation sites is 1. The van der Waals surface area contributed by atoms with Crippen LogP contribution in [0.25, 0.3) is 5.69 Å². The number of benzene rings is 2. The first-order valence-corrected chi connectivity index (χ1v) is 13.1. The summed E-state index contributed by atoms with van der Waals surface area (Å²) < 4.78 is 76.8. The minimum atomic E-state index is -4.74. The number of methoxy groups -OCH3 is 2. The Morgan fingerprint density at radius 3 is 2.18 bits per heavy atom. The van der Waals surface area contributed by atoms with Gasteiger partial charge in [0.05, 0.1) is 19.1 Å². The lowest BCUT2D eigenvalue weighted by atomic mass is 10.2. The molecule has 0 radical (unpaired) electrons. The van der Waals surface area contributed by atoms with Crippen LogP contribution in [0, 0.1) is 0 Å². The van der Waals surface area contributed by atoms with E-state index in [1.165, 1.54) is 19.5 Å². The lowest BCUT2D eigenvalue weighted by Crippen LogP contribution is -2.36. The van der Waals surface area contributed by atoms with E-state index in [0.717, 1.165) is 28.8 Å². The normalized spacial score (nSPS) is 12.3. The van der Waals surface area contributed by atoms with Gasteiger partial charge in [-0.25, -0.2) is 21.6 Å². The van der Waals surface area contributed by atoms with E-state index in [1.807, 2.05) is 6.92 Å². The number of amides is 1. The van der Waals surface area contributed by atoms with Crippen LogP contribution >= 0.6 is 0 Å². The van der Waals surface area contributed by atoms with Gasteiger partial charge in [0.1, 0.15) is 23.0 Å². The Balaban J connectivity index is 2.19. The van der Waals surface area contributed by atoms with Crippen molar-refractivity contribution < 1.29 is 41.0 Å². The van der Waals surface area contributed by atoms with E-state index in [-0.39, 0.29) is 35.0 Å². The molecule has 1 amide bonds. The Labute approximate surface area is 221 Å². The molecule has 0 spiro atoms. The van der Waals surface area contributed by atoms with Gasteiger partial charge < -0.3 is 19.9 Å². The molecule has 0 aliphatic rings. The minimum Gasteiger partial charge on any atom is -0.494 e. The third-order valence-corrected chi connectivity index (χ3v) is 7.45. The largest absolute Gasteiger partial charge is 0.494 e. The zero-order chi connectivity index (χ0) is 28.9. The number of sulfone groups is 1. The number of aryl methyl sites for hydroxylation is 1. The van der Waals surface area contributed by atoms with E-state index in [4.69, 9.17) is 9.47 Å². The predicted octanol–water partition coefficient (Wildman–Crippen LogP) is 3.42. The summed E-state index contributed by atoms with van der Waals surface area (Å²) in [5.74, 6) is -1.69. The first kappa shape index (κ1) is 29.5. The molecular weight excluding hydrogens is 543 g/mol. The number of hydrogen-bond donors (Lipinski definition) is 2. The summed E-state index contributed by atoms with van der Waals surface area (Å²) in [7, 11) is -2.02. The van der Waals surface area contributed by atoms with Gasteiger partial charge >= 0.3 is 0 Å². The lowest BCUT2D eigenvalue weighted by molar-refractivity contribution is 0.0287. The summed E-state index contributed by atoms with van der Waals surface area (Å²) >= 11 is 0. The average Bonchev–Trinajstić information content (AvgIpc) is 2.91. The number of halogens is 3. The number of alkyl halides is 3. The molecule has 3 rings (SSSR count). The molecule has 3 aromatic rings. The van der Waals surface area contributed by atoms with Crippen molar-refractivity contribution in [3.05, 3.63) is 64.2 Å². The van der Waals surface area contributed by atoms with Gasteiger partial charge in [0.25, 0.3) is 17.9 Å². The molecule has 210 valence electrons. The molecule has 39 heavy (non-hydrogen) atoms. The average molecular weight is 570 g/mol. The van der Waals surface area contributed by atoms with Crippen LogP contribution < -0.4 is 20.3 Å². The lowest BCUT2D eigenvalue weighted by Gasteiger charge is -2.21. The van der Waals surface area contributed by atoms with Crippen LogP contribution in [0.4, 0.5) is 13.2 Å². The maximum Gasteiger partial charge on any atom is 0.296 e. The van der Waals surface area contributed by atoms with Gasteiger partial charge in [-0.3, -0.25) is 14.2 Å². The molecule has 2 N–H and O–H groups in total. The highest BCUT2D eigenvalue weighted by atomic mass is 32.2. The van der Waals surface area contributed by atoms with Crippen molar-refractivity contribution in [3.63, 3.8) is 0 Å². The molecule has 1 unspecified atom stereocenters. The number of ether oxygens (including phenoxy) is 2. The van der Waals surface area contributed by atoms with Crippen molar-refractivity contribution in [3.8, 4) is 23.1 Å². The maximum atomic E-state index is 13.5. The number of hydrogen-bond acceptors (Lipinski definition) is 8. The van der Waals surface area contributed by atoms with E-state index in [9.17, 15) is 36.3 Å². The summed E-state index contributed by atoms with van der Waals surface area (Å²) in [6, 6.07) is 8.43. The van der Waals surface area contributed by atoms with E-state index in [0.29, 0.717) is 12.8 Å². The van der Waals surface area contributed by atoms with Crippen LogP contribution in [0.2, 0.25) is 0 Å². The zero-order valence-electron chi connectivity index (χ0n) is 21.2. The second-order valence-electron chi connectivity index (χ2n) is 8.17. The second-order valence-corrected chi connectivity index (χ2v) is 10.1. The Bertz CT molecular complexity index is 1490. The topological polar surface area (TPSA) is 137 Å². The number of aromatic hydroxyl groups is 1. The fourth-order valence-electron chi connectivity index (χ4n) is 3.74. The van der Waals surface area contributed by atoms with Gasteiger partial charge in [-0.1, -0.05) is 19.4 Å². The number of nitrogens with one attached hydrogen (secondary N) is 1. The number of aromatic nitrogens is 2. The number of carbonyl (C=O) groups excluding carboxylic acids is 1. The zero-order valence-corrected chi connectivity index (χ0v) is 22.0. The molecule has 10 nitrogen and oxygen atoms in total. The SMILES string of the molecule is CCCCc1nc(=O)c(S(=O)(=O)c2ccc(C(=O)NC(F)C(F)F)cc2)c(O)n1-c1c(OC)cccc1OC. The molecule has 0 bridgehead atoms. The van der Waals surface area contributed by atoms with Crippen molar-refractivity contribution >= 4 is 15.7 Å². The third kappa shape index (κ3) is 6.00. The molecule has 0 aliphatic heterocycles. The number of nitrogens with zero attached hydrogens (tertiary/aromatic N) is 2. The van der Waals surface area contributed by atoms with Crippen molar-refractivity contribution in [2.75, 3.05) is 14.2 Å². The summed E-state index contributed by atoms with van der Waals surface area (Å²) in [6.45, 7) is 1.90. The summed E-state index contributed by atoms with van der Waals surface area (Å²) in [5, 5.41) is 12.7. The molecule has 2 aromatic carbocycles. The Kier molecular flexibility index (Phi) is 9.22. The minimum absolute atomic E-state index is 0.0629. The molecule has 0 saturated carbocycles. The first-order chi connectivity index (χ1) is 18.5. The van der Waals surface area contributed by atoms with Crippen molar-refractivity contribution in [1.82, 2.24) is 14.9 Å². The maximum absolute atomic E-state index is 13.5. The summed E-state index contributed by atoms with van der Waals surface area (Å²) in [6.07, 6.45) is -4.89. The van der Waals surface area contributed by atoms with Gasteiger partial charge in [-0.15, -0.1) is 0 Å². The molecule has 0 saturated heterocycles. The fraction of sp³-hybridized carbons (Fsp3) is 0.320. The predicted molar refractivity (Wildman–Crippen MR) is 133 cm³/mol. The highest BCUT2D eigenvalue weighted by Gasteiger charge is 2.32. The van der Waals surface area contributed by atoms with E-state index in [1.54, 1.807) is 18.2 Å². The van der Waals surface area contributed by atoms with Crippen LogP contribution in [0.5, 0.6) is 17.4 Å². The third-order valence-electron chi connectivity index (χ3n) is 5.66. The fourth-order valence-corrected chi connectivity index (χ4v) is 5.07. The van der Waals surface area contributed by atoms with Gasteiger partial charge in [-0.05, 0) is 42.8 Å². The van der Waals surface area contributed by atoms with Gasteiger partial charge in [-0.2, -0.15) is 4.98 Å². The van der Waals surface area contributed by atoms with Crippen molar-refractivity contribution in [1.29, 1.82) is 0 Å². The van der Waals surface area contributed by atoms with Crippen LogP contribution in [0.3, 0.4) is 0 Å². The molecule has 1 aromatic heterocycles. The molecule has 0 fully saturated rings. The highest BCUT2D eigenvalue weighted by Crippen LogP contribution is 2.38. The van der Waals surface area contributed by atoms with Crippen molar-refractivity contribution in [2.45, 2.75) is 48.7 Å². The van der Waals surface area contributed by atoms with E-state index >= 15 is 0 Å². The van der Waals surface area contributed by atoms with E-state index in [2.05, 4.69) is 4.98 Å². The molecule has 0 aliphatic carbocycles. The Morgan fingerprint density at radius 1 is 1.08 bits per heavy atom. The molecule has 1 atom stereocenters. The van der Waals surface area contributed by atoms with Crippen LogP contribution in [-0.2, 0) is 16.3 Å².